The highest BCUT2D eigenvalue weighted by Gasteiger charge is 2.28. The van der Waals surface area contributed by atoms with E-state index < -0.39 is 0 Å². The number of nitrogens with zero attached hydrogens (tertiary/aromatic N) is 10. The lowest BCUT2D eigenvalue weighted by molar-refractivity contribution is 0.233. The number of hydrogen-bond acceptors (Lipinski definition) is 25. The molecule has 25 heteroatoms. The first-order valence-corrected chi connectivity index (χ1v) is 54.6. The second kappa shape index (κ2) is 48.9. The Labute approximate surface area is 787 Å². The molecule has 0 radical (unpaired) electrons. The van der Waals surface area contributed by atoms with Gasteiger partial charge in [-0.05, 0) is 258 Å². The number of anilines is 5. The third-order valence-electron chi connectivity index (χ3n) is 24.7. The number of hydrogen-bond donors (Lipinski definition) is 5. The van der Waals surface area contributed by atoms with Crippen LogP contribution in [0, 0.1) is 27.0 Å². The number of fused-ring (bicyclic) bond motifs is 5. The van der Waals surface area contributed by atoms with Crippen LogP contribution >= 0.6 is 115 Å². The molecule has 0 amide bonds. The molecule has 0 bridgehead atoms. The molecule has 0 aliphatic carbocycles. The molecule has 1 atom stereocenters. The van der Waals surface area contributed by atoms with Crippen LogP contribution in [0.15, 0.2) is 203 Å². The number of rotatable bonds is 32. The van der Waals surface area contributed by atoms with Crippen LogP contribution in [0.1, 0.15) is 117 Å². The molecule has 5 aromatic carbocycles. The van der Waals surface area contributed by atoms with Crippen LogP contribution in [0.4, 0.5) is 28.4 Å². The summed E-state index contributed by atoms with van der Waals surface area (Å²) in [5.74, 6) is 5.79. The van der Waals surface area contributed by atoms with E-state index in [4.69, 9.17) is 27.0 Å². The summed E-state index contributed by atoms with van der Waals surface area (Å²) in [6, 6.07) is 55.0. The molecule has 15 nitrogen and oxygen atoms in total. The van der Waals surface area contributed by atoms with Crippen LogP contribution < -0.4 is 24.5 Å². The molecule has 5 N–H and O–H groups in total. The van der Waals surface area contributed by atoms with Gasteiger partial charge in [-0.15, -0.1) is 115 Å². The summed E-state index contributed by atoms with van der Waals surface area (Å²) in [7, 11) is 6.52. The number of likely N-dealkylation sites (tertiary alicyclic amines) is 3. The molecule has 0 spiro atoms. The molecule has 18 rings (SSSR count). The summed E-state index contributed by atoms with van der Waals surface area (Å²) >= 11 is 18.1. The fraction of sp³-hybridized carbons (Fsp3) is 0.450. The summed E-state index contributed by atoms with van der Waals surface area (Å²) in [6.07, 6.45) is 14.5. The van der Waals surface area contributed by atoms with E-state index in [9.17, 15) is 0 Å². The van der Waals surface area contributed by atoms with Gasteiger partial charge < -0.3 is 76.0 Å². The molecule has 664 valence electrons. The van der Waals surface area contributed by atoms with Gasteiger partial charge in [-0.1, -0.05) is 80.9 Å². The first kappa shape index (κ1) is 94.6. The summed E-state index contributed by atoms with van der Waals surface area (Å²) in [5, 5.41) is 51.8. The topological polar surface area (TPSA) is 152 Å². The van der Waals surface area contributed by atoms with Crippen molar-refractivity contribution in [2.75, 3.05) is 212 Å². The molecule has 8 aliphatic heterocycles. The van der Waals surface area contributed by atoms with Crippen LogP contribution in [0.2, 0.25) is 0 Å². The van der Waals surface area contributed by atoms with Crippen molar-refractivity contribution in [3.05, 3.63) is 231 Å². The Hall–Kier alpha value is -6.50. The van der Waals surface area contributed by atoms with Gasteiger partial charge in [0.25, 0.3) is 0 Å². The van der Waals surface area contributed by atoms with Gasteiger partial charge >= 0.3 is 0 Å². The predicted octanol–water partition coefficient (Wildman–Crippen LogP) is 22.3. The van der Waals surface area contributed by atoms with Crippen molar-refractivity contribution in [2.24, 2.45) is 0 Å². The minimum Gasteiger partial charge on any atom is -0.370 e. The van der Waals surface area contributed by atoms with E-state index >= 15 is 0 Å². The Morgan fingerprint density at radius 3 is 0.888 bits per heavy atom. The lowest BCUT2D eigenvalue weighted by atomic mass is 10.1. The molecule has 1 unspecified atom stereocenters. The maximum Gasteiger partial charge on any atom is 0.0529 e. The molecule has 3 saturated heterocycles. The van der Waals surface area contributed by atoms with Crippen molar-refractivity contribution in [1.29, 1.82) is 27.0 Å². The van der Waals surface area contributed by atoms with Gasteiger partial charge in [0.05, 0.1) is 57.0 Å². The maximum atomic E-state index is 8.33. The Morgan fingerprint density at radius 2 is 0.616 bits per heavy atom. The smallest absolute Gasteiger partial charge is 0.0529 e. The number of nitrogens with one attached hydrogen (secondary N) is 5. The minimum absolute atomic E-state index is 0.713. The molecule has 13 heterocycles. The summed E-state index contributed by atoms with van der Waals surface area (Å²) in [6.45, 7) is 29.0. The lowest BCUT2D eigenvalue weighted by Gasteiger charge is -2.34. The van der Waals surface area contributed by atoms with Crippen LogP contribution in [-0.4, -0.2) is 246 Å². The third kappa shape index (κ3) is 27.8. The van der Waals surface area contributed by atoms with Crippen LogP contribution in [-0.2, 0) is 32.1 Å². The van der Waals surface area contributed by atoms with Gasteiger partial charge in [-0.3, -0.25) is 0 Å². The molecular formula is C100H129N15S10. The second-order valence-electron chi connectivity index (χ2n) is 33.7. The zero-order chi connectivity index (χ0) is 86.6. The molecule has 8 aliphatic rings. The van der Waals surface area contributed by atoms with Gasteiger partial charge in [-0.25, -0.2) is 0 Å². The zero-order valence-corrected chi connectivity index (χ0v) is 82.2. The van der Waals surface area contributed by atoms with E-state index in [1.165, 1.54) is 195 Å². The van der Waals surface area contributed by atoms with Crippen molar-refractivity contribution in [3.63, 3.8) is 0 Å². The summed E-state index contributed by atoms with van der Waals surface area (Å²) < 4.78 is 0. The second-order valence-corrected chi connectivity index (χ2v) is 44.1. The Bertz CT molecular complexity index is 4900. The SMILES string of the molecule is CCN(CC)CCN1CCSc2cc(CC(=N)c3cccs3)ccc21.CN(C)CCN1CCSc2cc(CC(=N)c3cccs3)ccc21.CN1CCCC1CCN1CCSc2cc(CC(=N)c3cccs3)ccc21.N=C(Cc1ccc2c(c1)SCCN2CCN1CCCC1)c1cccs1.N=C(Cc1ccc2c(c1)SCCN2CCN1CCCCC1)c1cccs1. The molecule has 5 aromatic heterocycles. The Morgan fingerprint density at radius 1 is 0.328 bits per heavy atom. The van der Waals surface area contributed by atoms with Crippen molar-refractivity contribution in [3.8, 4) is 0 Å². The standard InChI is InChI=1S/2C21H27N3S2.C20H25N3S2.C20H27N3S2.C18H23N3S2/c1-23-9-2-4-17(23)8-10-24-11-13-26-21-15-16(6-7-19(21)24)14-18(22)20-5-3-12-25-20;22-18(20-5-4-13-25-20)15-17-6-7-19-21(16-17)26-14-12-24(19)11-10-23-8-2-1-3-9-23;21-17(19-4-3-12-24-19)14-16-5-6-18-20(15-16)25-13-11-23(18)10-9-22-7-1-2-8-22;1-3-22(4-2)9-10-23-11-13-25-20-15-16(7-8-18(20)23)14-17(21)19-6-5-12-24-19;1-20(2)7-8-21-9-11-23-18-13-14(5-6-16(18)21)12-15(19)17-4-3-10-22-17/h3,5-7,12,15,17,22H,2,4,8-11,13-14H2,1H3;4-7,13,16,22H,1-3,8-12,14-15H2;3-6,12,15,21H,1-2,7-11,13-14H2;5-8,12,15,21H,3-4,9-11,13-14H2,1-2H3;3-6,10,13,19H,7-9,11-12H2,1-2H3. The van der Waals surface area contributed by atoms with E-state index in [0.717, 1.165) is 170 Å². The van der Waals surface area contributed by atoms with E-state index in [-0.39, 0.29) is 0 Å². The van der Waals surface area contributed by atoms with Crippen LogP contribution in [0.25, 0.3) is 0 Å². The largest absolute Gasteiger partial charge is 0.370 e. The number of thioether (sulfide) groups is 5. The van der Waals surface area contributed by atoms with Crippen molar-refractivity contribution >= 4 is 172 Å². The highest BCUT2D eigenvalue weighted by atomic mass is 32.2. The highest BCUT2D eigenvalue weighted by Crippen LogP contribution is 2.42. The van der Waals surface area contributed by atoms with Gasteiger partial charge in [0, 0.05) is 207 Å². The van der Waals surface area contributed by atoms with Gasteiger partial charge in [-0.2, -0.15) is 0 Å². The van der Waals surface area contributed by atoms with Crippen LogP contribution in [0.5, 0.6) is 0 Å². The van der Waals surface area contributed by atoms with Gasteiger partial charge in [0.1, 0.15) is 0 Å². The van der Waals surface area contributed by atoms with E-state index in [1.807, 2.05) is 146 Å². The number of benzene rings is 5. The van der Waals surface area contributed by atoms with Crippen molar-refractivity contribution in [2.45, 2.75) is 128 Å². The lowest BCUT2D eigenvalue weighted by Crippen LogP contribution is -2.39. The molecule has 3 fully saturated rings. The minimum atomic E-state index is 0.713. The zero-order valence-electron chi connectivity index (χ0n) is 74.0. The average Bonchev–Trinajstić information content (AvgIpc) is 1.70. The van der Waals surface area contributed by atoms with E-state index in [2.05, 4.69) is 175 Å². The monoisotopic (exact) mass is 1860 g/mol. The fourth-order valence-corrected chi connectivity index (χ4v) is 26.4. The average molecular weight is 1860 g/mol. The highest BCUT2D eigenvalue weighted by molar-refractivity contribution is 8.00. The first-order valence-electron chi connectivity index (χ1n) is 45.3. The number of likely N-dealkylation sites (N-methyl/N-ethyl adjacent to an activating group) is 2. The fourth-order valence-electron chi connectivity index (χ4n) is 17.5. The maximum absolute atomic E-state index is 8.33. The van der Waals surface area contributed by atoms with Gasteiger partial charge in [0.15, 0.2) is 0 Å². The summed E-state index contributed by atoms with van der Waals surface area (Å²) in [5.41, 5.74) is 16.8. The summed E-state index contributed by atoms with van der Waals surface area (Å²) in [4.78, 5) is 37.5. The molecule has 125 heavy (non-hydrogen) atoms. The molecule has 0 saturated carbocycles. The number of piperidine rings is 1. The molecule has 10 aromatic rings. The quantitative estimate of drug-likeness (QED) is 0.0254. The van der Waals surface area contributed by atoms with E-state index in [0.29, 0.717) is 24.3 Å². The van der Waals surface area contributed by atoms with Crippen molar-refractivity contribution in [1.82, 2.24) is 24.5 Å². The third-order valence-corrected chi connectivity index (χ3v) is 34.5. The van der Waals surface area contributed by atoms with Gasteiger partial charge in [0.2, 0.25) is 0 Å². The Kier molecular flexibility index (Phi) is 37.0. The van der Waals surface area contributed by atoms with E-state index in [1.54, 1.807) is 56.7 Å². The number of thiophene rings is 5. The van der Waals surface area contributed by atoms with Crippen molar-refractivity contribution < 1.29 is 0 Å². The first-order chi connectivity index (χ1) is 61.1. The predicted molar refractivity (Wildman–Crippen MR) is 554 cm³/mol. The van der Waals surface area contributed by atoms with Crippen LogP contribution in [0.3, 0.4) is 0 Å². The normalized spacial score (nSPS) is 16.9. The molecular weight excluding hydrogens is 1730 g/mol. The Balaban J connectivity index is 0.000000127.